The summed E-state index contributed by atoms with van der Waals surface area (Å²) in [5.41, 5.74) is 1.21. The zero-order chi connectivity index (χ0) is 16.9. The van der Waals surface area contributed by atoms with Gasteiger partial charge in [-0.1, -0.05) is 51.1 Å². The molecule has 23 heavy (non-hydrogen) atoms. The lowest BCUT2D eigenvalue weighted by atomic mass is 10.1. The van der Waals surface area contributed by atoms with Gasteiger partial charge < -0.3 is 13.9 Å². The molecule has 1 aliphatic rings. The van der Waals surface area contributed by atoms with Gasteiger partial charge in [-0.2, -0.15) is 0 Å². The van der Waals surface area contributed by atoms with E-state index in [1.165, 1.54) is 5.56 Å². The average Bonchev–Trinajstić information content (AvgIpc) is 2.47. The third-order valence-electron chi connectivity index (χ3n) is 5.00. The van der Waals surface area contributed by atoms with Gasteiger partial charge in [-0.15, -0.1) is 0 Å². The fourth-order valence-corrected chi connectivity index (χ4v) is 3.95. The van der Waals surface area contributed by atoms with E-state index in [9.17, 15) is 0 Å². The minimum absolute atomic E-state index is 0.155. The lowest BCUT2D eigenvalue weighted by molar-refractivity contribution is -0.0780. The maximum atomic E-state index is 6.54. The number of hydrogen-bond acceptors (Lipinski definition) is 3. The SMILES string of the molecule is CC(C)(C)[Si](C)(C)O[C@@H]1CCO[C@H](COCc2ccccc2)C1. The van der Waals surface area contributed by atoms with Gasteiger partial charge in [0.15, 0.2) is 8.32 Å². The molecule has 1 aromatic carbocycles. The zero-order valence-electron chi connectivity index (χ0n) is 15.3. The maximum Gasteiger partial charge on any atom is 0.192 e. The van der Waals surface area contributed by atoms with Crippen LogP contribution >= 0.6 is 0 Å². The van der Waals surface area contributed by atoms with Crippen molar-refractivity contribution in [3.63, 3.8) is 0 Å². The van der Waals surface area contributed by atoms with Crippen LogP contribution in [-0.2, 0) is 20.5 Å². The number of rotatable bonds is 6. The molecule has 4 heteroatoms. The smallest absolute Gasteiger partial charge is 0.192 e. The van der Waals surface area contributed by atoms with Gasteiger partial charge in [-0.3, -0.25) is 0 Å². The Bertz CT molecular complexity index is 467. The Morgan fingerprint density at radius 1 is 1.17 bits per heavy atom. The summed E-state index contributed by atoms with van der Waals surface area (Å²) in [4.78, 5) is 0. The van der Waals surface area contributed by atoms with Crippen LogP contribution in [0.1, 0.15) is 39.2 Å². The summed E-state index contributed by atoms with van der Waals surface area (Å²) in [6.45, 7) is 13.6. The van der Waals surface area contributed by atoms with Crippen LogP contribution < -0.4 is 0 Å². The molecule has 0 spiro atoms. The van der Waals surface area contributed by atoms with E-state index in [1.807, 2.05) is 18.2 Å². The molecule has 1 aliphatic heterocycles. The van der Waals surface area contributed by atoms with Crippen molar-refractivity contribution in [2.45, 2.75) is 70.6 Å². The van der Waals surface area contributed by atoms with Crippen LogP contribution in [0, 0.1) is 0 Å². The zero-order valence-corrected chi connectivity index (χ0v) is 16.3. The molecule has 2 rings (SSSR count). The van der Waals surface area contributed by atoms with Crippen LogP contribution in [0.25, 0.3) is 0 Å². The van der Waals surface area contributed by atoms with E-state index >= 15 is 0 Å². The number of benzene rings is 1. The summed E-state index contributed by atoms with van der Waals surface area (Å²) in [7, 11) is -1.70. The molecule has 0 unspecified atom stereocenters. The van der Waals surface area contributed by atoms with Crippen molar-refractivity contribution >= 4 is 8.32 Å². The van der Waals surface area contributed by atoms with Crippen LogP contribution in [0.4, 0.5) is 0 Å². The molecule has 0 aromatic heterocycles. The Hall–Kier alpha value is -0.683. The standard InChI is InChI=1S/C19H32O3Si/c1-19(2,3)23(4,5)22-17-11-12-21-18(13-17)15-20-14-16-9-7-6-8-10-16/h6-10,17-18H,11-15H2,1-5H3/t17-,18+/m1/s1. The van der Waals surface area contributed by atoms with E-state index in [4.69, 9.17) is 13.9 Å². The second-order valence-corrected chi connectivity index (χ2v) is 12.8. The van der Waals surface area contributed by atoms with Gasteiger partial charge in [0.05, 0.1) is 19.3 Å². The molecule has 3 nitrogen and oxygen atoms in total. The Balaban J connectivity index is 1.77. The Kier molecular flexibility index (Phi) is 6.43. The topological polar surface area (TPSA) is 27.7 Å². The molecule has 0 bridgehead atoms. The van der Waals surface area contributed by atoms with Crippen molar-refractivity contribution in [1.29, 1.82) is 0 Å². The molecular formula is C19H32O3Si. The number of hydrogen-bond donors (Lipinski definition) is 0. The second kappa shape index (κ2) is 7.93. The Morgan fingerprint density at radius 2 is 1.87 bits per heavy atom. The minimum atomic E-state index is -1.70. The fraction of sp³-hybridized carbons (Fsp3) is 0.684. The first-order valence-corrected chi connectivity index (χ1v) is 11.6. The van der Waals surface area contributed by atoms with Gasteiger partial charge in [-0.05, 0) is 30.1 Å². The first-order valence-electron chi connectivity index (χ1n) is 8.69. The second-order valence-electron chi connectivity index (χ2n) is 8.02. The predicted molar refractivity (Wildman–Crippen MR) is 97.1 cm³/mol. The molecule has 0 saturated carbocycles. The van der Waals surface area contributed by atoms with E-state index in [0.29, 0.717) is 19.3 Å². The van der Waals surface area contributed by atoms with Crippen LogP contribution in [0.3, 0.4) is 0 Å². The lowest BCUT2D eigenvalue weighted by Crippen LogP contribution is -2.46. The lowest BCUT2D eigenvalue weighted by Gasteiger charge is -2.41. The quantitative estimate of drug-likeness (QED) is 0.700. The summed E-state index contributed by atoms with van der Waals surface area (Å²) < 4.78 is 18.2. The highest BCUT2D eigenvalue weighted by Crippen LogP contribution is 2.38. The third kappa shape index (κ3) is 5.71. The molecule has 1 aromatic rings. The molecular weight excluding hydrogens is 304 g/mol. The summed E-state index contributed by atoms with van der Waals surface area (Å²) in [5.74, 6) is 0. The molecule has 0 amide bonds. The van der Waals surface area contributed by atoms with Gasteiger partial charge >= 0.3 is 0 Å². The Morgan fingerprint density at radius 3 is 2.52 bits per heavy atom. The highest BCUT2D eigenvalue weighted by molar-refractivity contribution is 6.74. The van der Waals surface area contributed by atoms with Crippen molar-refractivity contribution in [3.05, 3.63) is 35.9 Å². The van der Waals surface area contributed by atoms with Gasteiger partial charge in [0.25, 0.3) is 0 Å². The van der Waals surface area contributed by atoms with E-state index in [-0.39, 0.29) is 11.1 Å². The maximum absolute atomic E-state index is 6.54. The van der Waals surface area contributed by atoms with Crippen molar-refractivity contribution in [2.75, 3.05) is 13.2 Å². The van der Waals surface area contributed by atoms with Crippen LogP contribution in [-0.4, -0.2) is 33.7 Å². The first-order chi connectivity index (χ1) is 10.8. The predicted octanol–water partition coefficient (Wildman–Crippen LogP) is 4.77. The molecule has 2 atom stereocenters. The van der Waals surface area contributed by atoms with Gasteiger partial charge in [0.1, 0.15) is 0 Å². The van der Waals surface area contributed by atoms with E-state index in [0.717, 1.165) is 19.4 Å². The highest BCUT2D eigenvalue weighted by Gasteiger charge is 2.40. The molecule has 130 valence electrons. The largest absolute Gasteiger partial charge is 0.414 e. The van der Waals surface area contributed by atoms with Crippen molar-refractivity contribution in [2.24, 2.45) is 0 Å². The normalized spacial score (nSPS) is 23.0. The van der Waals surface area contributed by atoms with Crippen LogP contribution in [0.5, 0.6) is 0 Å². The molecule has 0 aliphatic carbocycles. The van der Waals surface area contributed by atoms with Crippen LogP contribution in [0.2, 0.25) is 18.1 Å². The number of ether oxygens (including phenoxy) is 2. The van der Waals surface area contributed by atoms with Gasteiger partial charge in [0, 0.05) is 19.1 Å². The minimum Gasteiger partial charge on any atom is -0.414 e. The molecule has 1 saturated heterocycles. The monoisotopic (exact) mass is 336 g/mol. The Labute approximate surface area is 142 Å². The molecule has 1 heterocycles. The molecule has 1 fully saturated rings. The van der Waals surface area contributed by atoms with Crippen molar-refractivity contribution in [1.82, 2.24) is 0 Å². The van der Waals surface area contributed by atoms with E-state index in [2.05, 4.69) is 46.0 Å². The third-order valence-corrected chi connectivity index (χ3v) is 9.54. The summed E-state index contributed by atoms with van der Waals surface area (Å²) in [6.07, 6.45) is 2.42. The molecule has 0 N–H and O–H groups in total. The van der Waals surface area contributed by atoms with Crippen molar-refractivity contribution < 1.29 is 13.9 Å². The van der Waals surface area contributed by atoms with Gasteiger partial charge in [0.2, 0.25) is 0 Å². The fourth-order valence-electron chi connectivity index (χ4n) is 2.54. The van der Waals surface area contributed by atoms with Crippen molar-refractivity contribution in [3.8, 4) is 0 Å². The van der Waals surface area contributed by atoms with Crippen LogP contribution in [0.15, 0.2) is 30.3 Å². The first kappa shape index (κ1) is 18.7. The average molecular weight is 337 g/mol. The van der Waals surface area contributed by atoms with E-state index in [1.54, 1.807) is 0 Å². The summed E-state index contributed by atoms with van der Waals surface area (Å²) >= 11 is 0. The van der Waals surface area contributed by atoms with E-state index < -0.39 is 8.32 Å². The van der Waals surface area contributed by atoms with Gasteiger partial charge in [-0.25, -0.2) is 0 Å². The molecule has 0 radical (unpaired) electrons. The summed E-state index contributed by atoms with van der Waals surface area (Å²) in [6, 6.07) is 10.3. The summed E-state index contributed by atoms with van der Waals surface area (Å²) in [5, 5.41) is 0.255. The highest BCUT2D eigenvalue weighted by atomic mass is 28.4.